The number of hydrogen-bond acceptors (Lipinski definition) is 4. The molecule has 1 atom stereocenters. The first-order valence-corrected chi connectivity index (χ1v) is 16.3. The number of carbonyl (C=O) groups is 2. The zero-order valence-electron chi connectivity index (χ0n) is 23.7. The van der Waals surface area contributed by atoms with Crippen molar-refractivity contribution in [2.75, 3.05) is 10.8 Å². The zero-order valence-corrected chi connectivity index (χ0v) is 26.8. The van der Waals surface area contributed by atoms with Crippen LogP contribution >= 0.6 is 34.8 Å². The number of rotatable bonds is 10. The Hall–Kier alpha value is -2.78. The predicted octanol–water partition coefficient (Wildman–Crippen LogP) is 6.94. The average molecular weight is 651 g/mol. The Morgan fingerprint density at radius 1 is 0.929 bits per heavy atom. The maximum atomic E-state index is 14.1. The van der Waals surface area contributed by atoms with Crippen molar-refractivity contribution in [2.24, 2.45) is 0 Å². The number of nitrogens with one attached hydrogen (secondary N) is 1. The molecule has 1 saturated carbocycles. The molecule has 4 rings (SSSR count). The quantitative estimate of drug-likeness (QED) is 0.258. The van der Waals surface area contributed by atoms with E-state index in [-0.39, 0.29) is 29.1 Å². The smallest absolute Gasteiger partial charge is 0.264 e. The van der Waals surface area contributed by atoms with Gasteiger partial charge in [-0.15, -0.1) is 0 Å². The van der Waals surface area contributed by atoms with E-state index in [1.807, 2.05) is 6.92 Å². The summed E-state index contributed by atoms with van der Waals surface area (Å²) < 4.78 is 29.0. The minimum Gasteiger partial charge on any atom is -0.352 e. The van der Waals surface area contributed by atoms with E-state index in [1.165, 1.54) is 23.1 Å². The van der Waals surface area contributed by atoms with E-state index in [2.05, 4.69) is 5.32 Å². The van der Waals surface area contributed by atoms with Gasteiger partial charge < -0.3 is 10.2 Å². The number of halogens is 3. The molecule has 7 nitrogen and oxygen atoms in total. The molecule has 0 radical (unpaired) electrons. The molecule has 0 heterocycles. The number of sulfonamides is 1. The maximum Gasteiger partial charge on any atom is 0.264 e. The van der Waals surface area contributed by atoms with Crippen molar-refractivity contribution in [1.82, 2.24) is 10.2 Å². The summed E-state index contributed by atoms with van der Waals surface area (Å²) in [5.41, 5.74) is 2.32. The van der Waals surface area contributed by atoms with Crippen LogP contribution in [0.3, 0.4) is 0 Å². The van der Waals surface area contributed by atoms with Crippen LogP contribution in [-0.2, 0) is 26.2 Å². The van der Waals surface area contributed by atoms with Gasteiger partial charge in [-0.2, -0.15) is 0 Å². The lowest BCUT2D eigenvalue weighted by molar-refractivity contribution is -0.139. The van der Waals surface area contributed by atoms with Gasteiger partial charge in [0.25, 0.3) is 10.0 Å². The highest BCUT2D eigenvalue weighted by atomic mass is 35.5. The number of hydrogen-bond donors (Lipinski definition) is 1. The van der Waals surface area contributed by atoms with Crippen LogP contribution in [-0.4, -0.2) is 43.8 Å². The van der Waals surface area contributed by atoms with E-state index in [0.29, 0.717) is 20.6 Å². The molecule has 224 valence electrons. The first-order chi connectivity index (χ1) is 19.9. The monoisotopic (exact) mass is 649 g/mol. The molecule has 11 heteroatoms. The molecule has 0 aliphatic heterocycles. The number of benzene rings is 3. The third-order valence-electron chi connectivity index (χ3n) is 7.59. The molecule has 0 aromatic heterocycles. The third-order valence-corrected chi connectivity index (χ3v) is 10.5. The molecule has 3 aromatic carbocycles. The Morgan fingerprint density at radius 3 is 2.14 bits per heavy atom. The Kier molecular flexibility index (Phi) is 10.5. The number of carbonyl (C=O) groups excluding carboxylic acids is 2. The van der Waals surface area contributed by atoms with E-state index in [9.17, 15) is 18.0 Å². The highest BCUT2D eigenvalue weighted by Gasteiger charge is 2.34. The highest BCUT2D eigenvalue weighted by molar-refractivity contribution is 7.92. The van der Waals surface area contributed by atoms with Crippen molar-refractivity contribution in [2.45, 2.75) is 70.0 Å². The SMILES string of the molecule is Cc1ccc(S(=O)(=O)N(CC(=O)N(Cc2c(Cl)cccc2Cl)[C@H](C)C(=O)NC2CCCC2)c2ccc(C)c(Cl)c2)cc1. The number of nitrogens with zero attached hydrogens (tertiary/aromatic N) is 2. The second kappa shape index (κ2) is 13.7. The highest BCUT2D eigenvalue weighted by Crippen LogP contribution is 2.30. The van der Waals surface area contributed by atoms with Crippen LogP contribution < -0.4 is 9.62 Å². The van der Waals surface area contributed by atoms with Crippen LogP contribution in [0.25, 0.3) is 0 Å². The fourth-order valence-electron chi connectivity index (χ4n) is 4.93. The van der Waals surface area contributed by atoms with Gasteiger partial charge in [0.15, 0.2) is 0 Å². The van der Waals surface area contributed by atoms with Crippen LogP contribution in [0.5, 0.6) is 0 Å². The summed E-state index contributed by atoms with van der Waals surface area (Å²) in [5, 5.41) is 4.06. The first kappa shape index (κ1) is 32.1. The fraction of sp³-hybridized carbons (Fsp3) is 0.355. The van der Waals surface area contributed by atoms with Gasteiger partial charge in [-0.25, -0.2) is 8.42 Å². The van der Waals surface area contributed by atoms with Gasteiger partial charge >= 0.3 is 0 Å². The van der Waals surface area contributed by atoms with Gasteiger partial charge in [-0.05, 0) is 75.6 Å². The second-order valence-electron chi connectivity index (χ2n) is 10.6. The summed E-state index contributed by atoms with van der Waals surface area (Å²) in [4.78, 5) is 28.9. The summed E-state index contributed by atoms with van der Waals surface area (Å²) in [6.07, 6.45) is 3.81. The molecule has 0 unspecified atom stereocenters. The van der Waals surface area contributed by atoms with E-state index >= 15 is 0 Å². The summed E-state index contributed by atoms with van der Waals surface area (Å²) >= 11 is 19.3. The van der Waals surface area contributed by atoms with Gasteiger partial charge in [0, 0.05) is 33.2 Å². The zero-order chi connectivity index (χ0) is 30.6. The number of amides is 2. The van der Waals surface area contributed by atoms with Crippen molar-refractivity contribution in [3.63, 3.8) is 0 Å². The summed E-state index contributed by atoms with van der Waals surface area (Å²) in [7, 11) is -4.21. The predicted molar refractivity (Wildman–Crippen MR) is 169 cm³/mol. The third kappa shape index (κ3) is 7.40. The van der Waals surface area contributed by atoms with Crippen molar-refractivity contribution in [1.29, 1.82) is 0 Å². The van der Waals surface area contributed by atoms with Crippen LogP contribution in [0.4, 0.5) is 5.69 Å². The Morgan fingerprint density at radius 2 is 1.55 bits per heavy atom. The fourth-order valence-corrected chi connectivity index (χ4v) is 7.03. The van der Waals surface area contributed by atoms with Crippen LogP contribution in [0.15, 0.2) is 65.6 Å². The van der Waals surface area contributed by atoms with Crippen LogP contribution in [0.2, 0.25) is 15.1 Å². The van der Waals surface area contributed by atoms with Crippen LogP contribution in [0.1, 0.15) is 49.3 Å². The van der Waals surface area contributed by atoms with Gasteiger partial charge in [0.2, 0.25) is 11.8 Å². The molecule has 42 heavy (non-hydrogen) atoms. The number of aryl methyl sites for hydroxylation is 2. The lowest BCUT2D eigenvalue weighted by Crippen LogP contribution is -2.52. The average Bonchev–Trinajstić information content (AvgIpc) is 3.46. The summed E-state index contributed by atoms with van der Waals surface area (Å²) in [6.45, 7) is 4.60. The standard InChI is InChI=1S/C31H34Cl3N3O4S/c1-20-11-15-25(16-12-20)42(40,41)37(24-14-13-21(2)29(34)17-24)19-30(38)36(18-26-27(32)9-6-10-28(26)33)22(3)31(39)35-23-7-4-5-8-23/h6,9-17,22-23H,4-5,7-8,18-19H2,1-3H3,(H,35,39)/t22-/m1/s1. The van der Waals surface area contributed by atoms with E-state index in [0.717, 1.165) is 41.1 Å². The molecule has 0 bridgehead atoms. The minimum atomic E-state index is -4.21. The topological polar surface area (TPSA) is 86.8 Å². The molecule has 3 aromatic rings. The molecule has 1 aliphatic carbocycles. The molecule has 1 N–H and O–H groups in total. The van der Waals surface area contributed by atoms with E-state index in [4.69, 9.17) is 34.8 Å². The first-order valence-electron chi connectivity index (χ1n) is 13.8. The van der Waals surface area contributed by atoms with Crippen molar-refractivity contribution >= 4 is 62.3 Å². The maximum absolute atomic E-state index is 14.1. The molecule has 0 saturated heterocycles. The van der Waals surface area contributed by atoms with Crippen molar-refractivity contribution in [3.8, 4) is 0 Å². The Balaban J connectivity index is 1.73. The van der Waals surface area contributed by atoms with Gasteiger partial charge in [0.05, 0.1) is 10.6 Å². The molecule has 1 fully saturated rings. The second-order valence-corrected chi connectivity index (χ2v) is 13.7. The Labute approximate surface area is 262 Å². The van der Waals surface area contributed by atoms with E-state index in [1.54, 1.807) is 56.3 Å². The lowest BCUT2D eigenvalue weighted by atomic mass is 10.1. The van der Waals surface area contributed by atoms with Gasteiger partial charge in [-0.3, -0.25) is 13.9 Å². The minimum absolute atomic E-state index is 0.0188. The largest absolute Gasteiger partial charge is 0.352 e. The van der Waals surface area contributed by atoms with Gasteiger partial charge in [-0.1, -0.05) is 77.5 Å². The molecule has 2 amide bonds. The summed E-state index contributed by atoms with van der Waals surface area (Å²) in [6, 6.07) is 15.3. The normalized spacial score (nSPS) is 14.4. The van der Waals surface area contributed by atoms with Crippen molar-refractivity contribution in [3.05, 3.63) is 92.4 Å². The lowest BCUT2D eigenvalue weighted by Gasteiger charge is -2.33. The number of anilines is 1. The van der Waals surface area contributed by atoms with Gasteiger partial charge in [0.1, 0.15) is 12.6 Å². The van der Waals surface area contributed by atoms with E-state index < -0.39 is 28.5 Å². The molecule has 0 spiro atoms. The summed E-state index contributed by atoms with van der Waals surface area (Å²) in [5.74, 6) is -0.933. The Bertz CT molecular complexity index is 1540. The van der Waals surface area contributed by atoms with Crippen molar-refractivity contribution < 1.29 is 18.0 Å². The molecular weight excluding hydrogens is 617 g/mol. The van der Waals surface area contributed by atoms with Crippen LogP contribution in [0, 0.1) is 13.8 Å². The molecular formula is C31H34Cl3N3O4S. The molecule has 1 aliphatic rings.